The standard InChI is InChI=1S/C48H74N8O12/c1-10-13-36(59)50-31(18-20-35(49)58)45(64)55-24-28(8)41-40(55)44(63)52-33(22-25(4)5)42(61)51-32-19-21-37(60)56(46(32)65)39(27(7)12-3)47(66)54(9)34(23-29-14-16-30(57)17-15-29)43(62)53-38(26(6)11-2)48(67)68-41/h14-17,25-28,31-34,37-41,57,60H,10-13,18-24H2,1-9H3,(H2,49,58)(H,50,59)(H,51,61)(H,52,63)(H,53,62). The topological polar surface area (TPSA) is 287 Å². The van der Waals surface area contributed by atoms with Crippen LogP contribution < -0.4 is 27.0 Å². The molecule has 8 amide bonds. The molecule has 0 aliphatic carbocycles. The van der Waals surface area contributed by atoms with E-state index in [-0.39, 0.29) is 63.2 Å². The zero-order valence-electron chi connectivity index (χ0n) is 41.0. The number of fused-ring (bicyclic) bond motifs is 3. The summed E-state index contributed by atoms with van der Waals surface area (Å²) in [5.74, 6) is -8.90. The summed E-state index contributed by atoms with van der Waals surface area (Å²) in [6.45, 7) is 13.9. The first-order valence-corrected chi connectivity index (χ1v) is 24.1. The van der Waals surface area contributed by atoms with Crippen molar-refractivity contribution in [2.75, 3.05) is 13.6 Å². The van der Waals surface area contributed by atoms with Crippen molar-refractivity contribution in [2.24, 2.45) is 29.4 Å². The number of hydrogen-bond acceptors (Lipinski definition) is 12. The number of nitrogens with two attached hydrogens (primary N) is 1. The van der Waals surface area contributed by atoms with Crippen LogP contribution in [-0.2, 0) is 54.3 Å². The summed E-state index contributed by atoms with van der Waals surface area (Å²) in [5, 5.41) is 32.5. The monoisotopic (exact) mass is 955 g/mol. The summed E-state index contributed by atoms with van der Waals surface area (Å²) in [5.41, 5.74) is 5.99. The molecule has 3 aliphatic heterocycles. The molecule has 12 atom stereocenters. The summed E-state index contributed by atoms with van der Waals surface area (Å²) in [6, 6.07) is -3.46. The van der Waals surface area contributed by atoms with Gasteiger partial charge in [-0.25, -0.2) is 4.79 Å². The van der Waals surface area contributed by atoms with E-state index in [2.05, 4.69) is 21.3 Å². The number of carbonyl (C=O) groups excluding carboxylic acids is 9. The number of nitrogens with zero attached hydrogens (tertiary/aromatic N) is 3. The van der Waals surface area contributed by atoms with Crippen molar-refractivity contribution >= 4 is 53.2 Å². The normalized spacial score (nSPS) is 27.9. The van der Waals surface area contributed by atoms with E-state index in [1.807, 2.05) is 20.8 Å². The predicted molar refractivity (Wildman–Crippen MR) is 248 cm³/mol. The van der Waals surface area contributed by atoms with Gasteiger partial charge in [0.2, 0.25) is 47.3 Å². The number of amides is 8. The van der Waals surface area contributed by atoms with Crippen LogP contribution in [0.25, 0.3) is 0 Å². The second-order valence-corrected chi connectivity index (χ2v) is 19.3. The molecule has 20 nitrogen and oxygen atoms in total. The Morgan fingerprint density at radius 3 is 2.10 bits per heavy atom. The van der Waals surface area contributed by atoms with Gasteiger partial charge in [0.1, 0.15) is 60.4 Å². The van der Waals surface area contributed by atoms with Gasteiger partial charge in [-0.3, -0.25) is 38.4 Å². The number of hydrogen-bond donors (Lipinski definition) is 7. The molecule has 3 heterocycles. The zero-order chi connectivity index (χ0) is 50.7. The third kappa shape index (κ3) is 13.5. The molecular formula is C48H74N8O12. The number of primary amides is 1. The van der Waals surface area contributed by atoms with Crippen molar-refractivity contribution in [3.63, 3.8) is 0 Å². The number of piperidine rings is 1. The molecule has 0 saturated carbocycles. The van der Waals surface area contributed by atoms with E-state index in [1.165, 1.54) is 24.1 Å². The van der Waals surface area contributed by atoms with Gasteiger partial charge in [0, 0.05) is 38.8 Å². The first-order valence-electron chi connectivity index (χ1n) is 24.1. The molecular weight excluding hydrogens is 881 g/mol. The maximum absolute atomic E-state index is 14.9. The lowest BCUT2D eigenvalue weighted by Crippen LogP contribution is -2.66. The molecule has 0 radical (unpaired) electrons. The summed E-state index contributed by atoms with van der Waals surface area (Å²) in [4.78, 5) is 131. The number of nitrogens with one attached hydrogen (secondary N) is 4. The Labute approximate surface area is 399 Å². The molecule has 8 N–H and O–H groups in total. The highest BCUT2D eigenvalue weighted by atomic mass is 16.5. The molecule has 0 spiro atoms. The lowest BCUT2D eigenvalue weighted by Gasteiger charge is -2.44. The Hall–Kier alpha value is -5.79. The summed E-state index contributed by atoms with van der Waals surface area (Å²) in [6.07, 6.45) is -2.15. The van der Waals surface area contributed by atoms with E-state index in [1.54, 1.807) is 46.8 Å². The molecule has 3 aliphatic rings. The van der Waals surface area contributed by atoms with Crippen LogP contribution in [0.15, 0.2) is 24.3 Å². The van der Waals surface area contributed by atoms with Crippen LogP contribution in [0.1, 0.15) is 119 Å². The van der Waals surface area contributed by atoms with Gasteiger partial charge in [0.25, 0.3) is 0 Å². The van der Waals surface area contributed by atoms with Crippen LogP contribution in [0.2, 0.25) is 0 Å². The number of aliphatic hydroxyl groups is 1. The van der Waals surface area contributed by atoms with Gasteiger partial charge in [0.05, 0.1) is 0 Å². The van der Waals surface area contributed by atoms with Gasteiger partial charge in [-0.05, 0) is 67.6 Å². The largest absolute Gasteiger partial charge is 0.508 e. The second kappa shape index (κ2) is 24.5. The number of rotatable bonds is 15. The first-order chi connectivity index (χ1) is 32.0. The Kier molecular flexibility index (Phi) is 19.7. The van der Waals surface area contributed by atoms with E-state index in [0.29, 0.717) is 24.8 Å². The van der Waals surface area contributed by atoms with Gasteiger partial charge in [-0.1, -0.05) is 80.4 Å². The first kappa shape index (κ1) is 54.8. The fraction of sp³-hybridized carbons (Fsp3) is 0.688. The minimum atomic E-state index is -1.59. The van der Waals surface area contributed by atoms with Gasteiger partial charge in [0.15, 0.2) is 0 Å². The molecule has 0 aromatic heterocycles. The fourth-order valence-corrected chi connectivity index (χ4v) is 9.16. The number of esters is 1. The van der Waals surface area contributed by atoms with Crippen LogP contribution in [0.3, 0.4) is 0 Å². The average molecular weight is 955 g/mol. The van der Waals surface area contributed by atoms with Crippen molar-refractivity contribution in [1.82, 2.24) is 36.0 Å². The Balaban J connectivity index is 1.93. The van der Waals surface area contributed by atoms with E-state index in [4.69, 9.17) is 10.5 Å². The fourth-order valence-electron chi connectivity index (χ4n) is 9.16. The molecule has 378 valence electrons. The summed E-state index contributed by atoms with van der Waals surface area (Å²) in [7, 11) is 1.40. The van der Waals surface area contributed by atoms with Crippen molar-refractivity contribution in [2.45, 2.75) is 174 Å². The van der Waals surface area contributed by atoms with Crippen molar-refractivity contribution in [3.8, 4) is 5.75 Å². The highest BCUT2D eigenvalue weighted by Crippen LogP contribution is 2.31. The number of aliphatic hydroxyl groups excluding tert-OH is 1. The molecule has 3 fully saturated rings. The number of ether oxygens (including phenoxy) is 1. The Morgan fingerprint density at radius 2 is 1.51 bits per heavy atom. The quantitative estimate of drug-likeness (QED) is 0.121. The molecule has 12 unspecified atom stereocenters. The van der Waals surface area contributed by atoms with Crippen LogP contribution in [0.5, 0.6) is 5.75 Å². The molecule has 68 heavy (non-hydrogen) atoms. The summed E-state index contributed by atoms with van der Waals surface area (Å²) >= 11 is 0. The van der Waals surface area contributed by atoms with Crippen molar-refractivity contribution in [3.05, 3.63) is 29.8 Å². The van der Waals surface area contributed by atoms with Crippen LogP contribution in [0, 0.1) is 23.7 Å². The predicted octanol–water partition coefficient (Wildman–Crippen LogP) is 0.987. The number of likely N-dealkylation sites (tertiary alicyclic amines) is 1. The van der Waals surface area contributed by atoms with E-state index < -0.39 is 126 Å². The molecule has 3 saturated heterocycles. The van der Waals surface area contributed by atoms with Crippen LogP contribution in [-0.4, -0.2) is 146 Å². The van der Waals surface area contributed by atoms with Gasteiger partial charge < -0.3 is 56.7 Å². The molecule has 1 aromatic carbocycles. The lowest BCUT2D eigenvalue weighted by atomic mass is 9.91. The van der Waals surface area contributed by atoms with Crippen LogP contribution >= 0.6 is 0 Å². The number of likely N-dealkylation sites (N-methyl/N-ethyl adjacent to an activating group) is 1. The van der Waals surface area contributed by atoms with Crippen LogP contribution in [0.4, 0.5) is 0 Å². The highest BCUT2D eigenvalue weighted by molar-refractivity contribution is 5.99. The Morgan fingerprint density at radius 1 is 0.868 bits per heavy atom. The number of carbonyl (C=O) groups is 9. The lowest BCUT2D eigenvalue weighted by molar-refractivity contribution is -0.168. The molecule has 2 bridgehead atoms. The zero-order valence-corrected chi connectivity index (χ0v) is 41.0. The van der Waals surface area contributed by atoms with Gasteiger partial charge >= 0.3 is 5.97 Å². The number of aromatic hydroxyl groups is 1. The maximum Gasteiger partial charge on any atom is 0.329 e. The smallest absolute Gasteiger partial charge is 0.329 e. The van der Waals surface area contributed by atoms with Gasteiger partial charge in [-0.15, -0.1) is 0 Å². The Bertz CT molecular complexity index is 2000. The molecule has 1 aromatic rings. The number of benzene rings is 1. The SMILES string of the molecule is CCCC(=O)NC(CCC(N)=O)C(=O)N1CC(C)C2OC(=O)C(C(C)CC)NC(=O)C(Cc3ccc(O)cc3)N(C)C(=O)C(C(C)CC)N3C(=O)C(CCC3O)NC(=O)C(CC(C)C)NC(=O)C21. The highest BCUT2D eigenvalue weighted by Gasteiger charge is 2.52. The number of phenolic OH excluding ortho intramolecular Hbond substituents is 1. The van der Waals surface area contributed by atoms with E-state index in [0.717, 1.165) is 9.80 Å². The van der Waals surface area contributed by atoms with Gasteiger partial charge in [-0.2, -0.15) is 0 Å². The maximum atomic E-state index is 14.9. The summed E-state index contributed by atoms with van der Waals surface area (Å²) < 4.78 is 6.23. The minimum Gasteiger partial charge on any atom is -0.508 e. The number of phenols is 1. The third-order valence-electron chi connectivity index (χ3n) is 13.5. The second-order valence-electron chi connectivity index (χ2n) is 19.3. The van der Waals surface area contributed by atoms with Crippen molar-refractivity contribution in [1.29, 1.82) is 0 Å². The molecule has 20 heteroatoms. The average Bonchev–Trinajstić information content (AvgIpc) is 3.61. The minimum absolute atomic E-state index is 0.0123. The van der Waals surface area contributed by atoms with Crippen molar-refractivity contribution < 1.29 is 58.1 Å². The van der Waals surface area contributed by atoms with E-state index >= 15 is 0 Å². The molecule has 4 rings (SSSR count). The van der Waals surface area contributed by atoms with E-state index in [9.17, 15) is 53.4 Å². The third-order valence-corrected chi connectivity index (χ3v) is 13.5.